The van der Waals surface area contributed by atoms with Gasteiger partial charge in [-0.1, -0.05) is 35.3 Å². The van der Waals surface area contributed by atoms with Crippen LogP contribution in [0.3, 0.4) is 0 Å². The Balaban J connectivity index is 1.42. The summed E-state index contributed by atoms with van der Waals surface area (Å²) < 4.78 is 0. The molecule has 0 spiro atoms. The largest absolute Gasteiger partial charge is 0.338 e. The van der Waals surface area contributed by atoms with Crippen molar-refractivity contribution in [1.29, 1.82) is 0 Å². The van der Waals surface area contributed by atoms with E-state index in [1.54, 1.807) is 12.1 Å². The molecular weight excluding hydrogens is 427 g/mol. The first kappa shape index (κ1) is 19.4. The molecule has 5 nitrogen and oxygen atoms in total. The van der Waals surface area contributed by atoms with Crippen LogP contribution in [0.2, 0.25) is 10.0 Å². The van der Waals surface area contributed by atoms with E-state index in [0.29, 0.717) is 15.6 Å². The molecule has 3 N–H and O–H groups in total. The van der Waals surface area contributed by atoms with Crippen molar-refractivity contribution in [2.45, 2.75) is 0 Å². The van der Waals surface area contributed by atoms with Crippen molar-refractivity contribution in [2.75, 3.05) is 5.32 Å². The number of hydrogen-bond donors (Lipinski definition) is 3. The van der Waals surface area contributed by atoms with E-state index in [2.05, 4.69) is 20.6 Å². The molecule has 1 heterocycles. The number of halogens is 2. The van der Waals surface area contributed by atoms with E-state index in [-0.39, 0.29) is 11.0 Å². The predicted octanol–water partition coefficient (Wildman–Crippen LogP) is 5.66. The number of carbonyl (C=O) groups excluding carboxylic acids is 1. The second kappa shape index (κ2) is 8.21. The fourth-order valence-corrected chi connectivity index (χ4v) is 3.28. The minimum Gasteiger partial charge on any atom is -0.338 e. The molecule has 29 heavy (non-hydrogen) atoms. The fourth-order valence-electron chi connectivity index (χ4n) is 2.78. The van der Waals surface area contributed by atoms with E-state index in [4.69, 9.17) is 35.4 Å². The van der Waals surface area contributed by atoms with Gasteiger partial charge < -0.3 is 10.3 Å². The van der Waals surface area contributed by atoms with Crippen LogP contribution in [0.4, 0.5) is 5.69 Å². The lowest BCUT2D eigenvalue weighted by atomic mass is 10.2. The molecule has 0 aliphatic heterocycles. The van der Waals surface area contributed by atoms with Gasteiger partial charge in [0.2, 0.25) is 0 Å². The molecule has 0 fully saturated rings. The molecule has 0 bridgehead atoms. The number of nitrogens with zero attached hydrogens (tertiary/aromatic N) is 1. The highest BCUT2D eigenvalue weighted by Gasteiger charge is 2.10. The highest BCUT2D eigenvalue weighted by atomic mass is 35.5. The number of fused-ring (bicyclic) bond motifs is 1. The van der Waals surface area contributed by atoms with Gasteiger partial charge in [-0.05, 0) is 66.8 Å². The van der Waals surface area contributed by atoms with E-state index in [1.165, 1.54) is 6.07 Å². The second-order valence-corrected chi connectivity index (χ2v) is 7.44. The highest BCUT2D eigenvalue weighted by molar-refractivity contribution is 7.80. The number of hydrogen-bond acceptors (Lipinski definition) is 3. The van der Waals surface area contributed by atoms with Gasteiger partial charge >= 0.3 is 0 Å². The molecular formula is C21H14Cl2N4OS. The lowest BCUT2D eigenvalue weighted by Crippen LogP contribution is -2.34. The summed E-state index contributed by atoms with van der Waals surface area (Å²) in [5.74, 6) is 0.410. The molecule has 1 aromatic heterocycles. The Morgan fingerprint density at radius 2 is 1.72 bits per heavy atom. The first-order valence-corrected chi connectivity index (χ1v) is 9.78. The van der Waals surface area contributed by atoms with Crippen molar-refractivity contribution in [1.82, 2.24) is 15.3 Å². The molecule has 1 amide bonds. The van der Waals surface area contributed by atoms with E-state index in [1.807, 2.05) is 48.5 Å². The number of imidazole rings is 1. The number of para-hydroxylation sites is 2. The Hall–Kier alpha value is -2.93. The van der Waals surface area contributed by atoms with Crippen molar-refractivity contribution >= 4 is 63.2 Å². The van der Waals surface area contributed by atoms with Gasteiger partial charge in [-0.3, -0.25) is 10.1 Å². The molecule has 3 aromatic carbocycles. The summed E-state index contributed by atoms with van der Waals surface area (Å²) in [6.45, 7) is 0. The third-order valence-electron chi connectivity index (χ3n) is 4.21. The maximum absolute atomic E-state index is 12.3. The number of thiocarbonyl (C=S) groups is 1. The standard InChI is InChI=1S/C21H14Cl2N4OS/c22-15-10-7-13(11-16(15)23)20(28)27-21(29)24-14-8-5-12(6-9-14)19-25-17-3-1-2-4-18(17)26-19/h1-11H,(H,25,26)(H2,24,27,28,29). The topological polar surface area (TPSA) is 69.8 Å². The van der Waals surface area contributed by atoms with Crippen molar-refractivity contribution in [3.8, 4) is 11.4 Å². The zero-order valence-electron chi connectivity index (χ0n) is 14.9. The molecule has 0 atom stereocenters. The van der Waals surface area contributed by atoms with Gasteiger partial charge in [-0.15, -0.1) is 0 Å². The molecule has 0 radical (unpaired) electrons. The molecule has 0 unspecified atom stereocenters. The number of anilines is 1. The van der Waals surface area contributed by atoms with E-state index in [0.717, 1.165) is 28.1 Å². The summed E-state index contributed by atoms with van der Waals surface area (Å²) >= 11 is 17.0. The lowest BCUT2D eigenvalue weighted by Gasteiger charge is -2.10. The van der Waals surface area contributed by atoms with Crippen molar-refractivity contribution in [3.05, 3.63) is 82.3 Å². The van der Waals surface area contributed by atoms with Crippen LogP contribution < -0.4 is 10.6 Å². The normalized spacial score (nSPS) is 10.7. The van der Waals surface area contributed by atoms with Crippen LogP contribution in [0.5, 0.6) is 0 Å². The summed E-state index contributed by atoms with van der Waals surface area (Å²) in [6.07, 6.45) is 0. The zero-order valence-corrected chi connectivity index (χ0v) is 17.2. The van der Waals surface area contributed by atoms with E-state index >= 15 is 0 Å². The number of amides is 1. The molecule has 4 aromatic rings. The smallest absolute Gasteiger partial charge is 0.257 e. The first-order chi connectivity index (χ1) is 14.0. The number of rotatable bonds is 3. The number of carbonyl (C=O) groups is 1. The predicted molar refractivity (Wildman–Crippen MR) is 122 cm³/mol. The van der Waals surface area contributed by atoms with Gasteiger partial charge in [-0.2, -0.15) is 0 Å². The number of aromatic nitrogens is 2. The summed E-state index contributed by atoms with van der Waals surface area (Å²) in [4.78, 5) is 20.2. The fraction of sp³-hybridized carbons (Fsp3) is 0. The van der Waals surface area contributed by atoms with Crippen LogP contribution in [-0.2, 0) is 0 Å². The average molecular weight is 441 g/mol. The Labute approximate surface area is 182 Å². The van der Waals surface area contributed by atoms with Gasteiger partial charge in [0.25, 0.3) is 5.91 Å². The Bertz CT molecular complexity index is 1190. The van der Waals surface area contributed by atoms with Crippen LogP contribution in [0.15, 0.2) is 66.7 Å². The van der Waals surface area contributed by atoms with Gasteiger partial charge in [0, 0.05) is 16.8 Å². The van der Waals surface area contributed by atoms with E-state index < -0.39 is 0 Å². The SMILES string of the molecule is O=C(NC(=S)Nc1ccc(-c2nc3ccccc3[nH]2)cc1)c1ccc(Cl)c(Cl)c1. The Morgan fingerprint density at radius 3 is 2.45 bits per heavy atom. The molecule has 144 valence electrons. The molecule has 0 saturated heterocycles. The summed E-state index contributed by atoms with van der Waals surface area (Å²) in [6, 6.07) is 20.0. The van der Waals surface area contributed by atoms with Crippen LogP contribution in [-0.4, -0.2) is 21.0 Å². The quantitative estimate of drug-likeness (QED) is 0.359. The maximum atomic E-state index is 12.3. The maximum Gasteiger partial charge on any atom is 0.257 e. The number of nitrogens with one attached hydrogen (secondary N) is 3. The summed E-state index contributed by atoms with van der Waals surface area (Å²) in [7, 11) is 0. The van der Waals surface area contributed by atoms with Crippen molar-refractivity contribution in [2.24, 2.45) is 0 Å². The molecule has 0 aliphatic carbocycles. The molecule has 4 rings (SSSR count). The average Bonchev–Trinajstić information content (AvgIpc) is 3.14. The van der Waals surface area contributed by atoms with Crippen LogP contribution in [0.1, 0.15) is 10.4 Å². The van der Waals surface area contributed by atoms with Crippen LogP contribution in [0, 0.1) is 0 Å². The first-order valence-electron chi connectivity index (χ1n) is 8.62. The third kappa shape index (κ3) is 4.40. The van der Waals surface area contributed by atoms with Gasteiger partial charge in [0.1, 0.15) is 5.82 Å². The monoisotopic (exact) mass is 440 g/mol. The number of aromatic amines is 1. The minimum absolute atomic E-state index is 0.178. The molecule has 0 aliphatic rings. The van der Waals surface area contributed by atoms with Crippen LogP contribution >= 0.6 is 35.4 Å². The van der Waals surface area contributed by atoms with Crippen molar-refractivity contribution in [3.63, 3.8) is 0 Å². The second-order valence-electron chi connectivity index (χ2n) is 6.22. The molecule has 8 heteroatoms. The summed E-state index contributed by atoms with van der Waals surface area (Å²) in [5.41, 5.74) is 3.94. The third-order valence-corrected chi connectivity index (χ3v) is 5.16. The lowest BCUT2D eigenvalue weighted by molar-refractivity contribution is 0.0977. The molecule has 0 saturated carbocycles. The van der Waals surface area contributed by atoms with Gasteiger partial charge in [0.05, 0.1) is 21.1 Å². The van der Waals surface area contributed by atoms with E-state index in [9.17, 15) is 4.79 Å². The van der Waals surface area contributed by atoms with Crippen molar-refractivity contribution < 1.29 is 4.79 Å². The van der Waals surface area contributed by atoms with Gasteiger partial charge in [0.15, 0.2) is 5.11 Å². The van der Waals surface area contributed by atoms with Crippen LogP contribution in [0.25, 0.3) is 22.4 Å². The number of benzene rings is 3. The number of H-pyrrole nitrogens is 1. The summed E-state index contributed by atoms with van der Waals surface area (Å²) in [5, 5.41) is 6.47. The minimum atomic E-state index is -0.375. The highest BCUT2D eigenvalue weighted by Crippen LogP contribution is 2.23. The Kier molecular flexibility index (Phi) is 5.49. The van der Waals surface area contributed by atoms with Gasteiger partial charge in [-0.25, -0.2) is 4.98 Å². The zero-order chi connectivity index (χ0) is 20.4. The Morgan fingerprint density at radius 1 is 0.966 bits per heavy atom.